The number of nitrogens with one attached hydrogen (secondary N) is 1. The van der Waals surface area contributed by atoms with Crippen LogP contribution in [0.5, 0.6) is 5.75 Å². The zero-order valence-electron chi connectivity index (χ0n) is 16.9. The van der Waals surface area contributed by atoms with Crippen molar-refractivity contribution in [2.24, 2.45) is 0 Å². The average Bonchev–Trinajstić information content (AvgIpc) is 2.74. The Morgan fingerprint density at radius 1 is 1.07 bits per heavy atom. The van der Waals surface area contributed by atoms with Crippen molar-refractivity contribution < 1.29 is 19.2 Å². The number of carbonyl (C=O) groups is 2. The van der Waals surface area contributed by atoms with Gasteiger partial charge in [0.15, 0.2) is 0 Å². The second-order valence-electron chi connectivity index (χ2n) is 7.27. The van der Waals surface area contributed by atoms with Crippen LogP contribution in [0.15, 0.2) is 48.5 Å². The van der Waals surface area contributed by atoms with Crippen LogP contribution < -0.4 is 10.1 Å². The summed E-state index contributed by atoms with van der Waals surface area (Å²) in [6.07, 6.45) is 1.55. The van der Waals surface area contributed by atoms with Gasteiger partial charge >= 0.3 is 0 Å². The van der Waals surface area contributed by atoms with Crippen LogP contribution in [0.2, 0.25) is 0 Å². The number of methoxy groups -OCH3 is 1. The van der Waals surface area contributed by atoms with Crippen LogP contribution >= 0.6 is 0 Å². The van der Waals surface area contributed by atoms with Crippen LogP contribution in [-0.2, 0) is 22.4 Å². The number of nitro groups is 1. The first-order valence-electron chi connectivity index (χ1n) is 9.89. The quantitative estimate of drug-likeness (QED) is 0.557. The second kappa shape index (κ2) is 9.87. The van der Waals surface area contributed by atoms with E-state index >= 15 is 0 Å². The number of carbonyl (C=O) groups excluding carboxylic acids is 2. The molecular weight excluding hydrogens is 386 g/mol. The molecule has 8 heteroatoms. The minimum absolute atomic E-state index is 0.0317. The second-order valence-corrected chi connectivity index (χ2v) is 7.27. The summed E-state index contributed by atoms with van der Waals surface area (Å²) in [4.78, 5) is 37.4. The molecule has 0 atom stereocenters. The van der Waals surface area contributed by atoms with Gasteiger partial charge in [0.2, 0.25) is 11.8 Å². The highest BCUT2D eigenvalue weighted by atomic mass is 16.6. The monoisotopic (exact) mass is 411 g/mol. The van der Waals surface area contributed by atoms with Gasteiger partial charge in [-0.1, -0.05) is 36.4 Å². The summed E-state index contributed by atoms with van der Waals surface area (Å²) in [5.41, 5.74) is 1.19. The maximum atomic E-state index is 12.6. The van der Waals surface area contributed by atoms with Gasteiger partial charge in [-0.05, 0) is 18.9 Å². The number of hydrogen-bond acceptors (Lipinski definition) is 5. The van der Waals surface area contributed by atoms with Gasteiger partial charge in [-0.25, -0.2) is 0 Å². The molecule has 30 heavy (non-hydrogen) atoms. The number of nitrogens with zero attached hydrogens (tertiary/aromatic N) is 2. The molecule has 2 amide bonds. The lowest BCUT2D eigenvalue weighted by molar-refractivity contribution is -0.385. The molecule has 1 fully saturated rings. The standard InChI is InChI=1S/C22H25N3O5/c1-30-20-9-5-3-7-17(20)15-22(27)24-12-10-18(11-13-24)23-21(26)14-16-6-2-4-8-19(16)25(28)29/h2-9,18H,10-15H2,1H3,(H,23,26). The normalized spacial score (nSPS) is 14.2. The average molecular weight is 411 g/mol. The number of nitro benzene ring substituents is 1. The van der Waals surface area contributed by atoms with E-state index in [9.17, 15) is 19.7 Å². The molecule has 2 aromatic carbocycles. The van der Waals surface area contributed by atoms with E-state index in [-0.39, 0.29) is 36.4 Å². The molecule has 0 saturated carbocycles. The molecule has 2 aromatic rings. The smallest absolute Gasteiger partial charge is 0.273 e. The highest BCUT2D eigenvalue weighted by molar-refractivity contribution is 5.81. The Labute approximate surface area is 175 Å². The SMILES string of the molecule is COc1ccccc1CC(=O)N1CCC(NC(=O)Cc2ccccc2[N+](=O)[O-])CC1. The number of rotatable bonds is 7. The number of piperidine rings is 1. The Bertz CT molecular complexity index is 922. The number of benzene rings is 2. The van der Waals surface area contributed by atoms with Crippen LogP contribution in [0, 0.1) is 10.1 Å². The number of amides is 2. The highest BCUT2D eigenvalue weighted by Crippen LogP contribution is 2.21. The van der Waals surface area contributed by atoms with E-state index in [2.05, 4.69) is 5.32 Å². The van der Waals surface area contributed by atoms with Gasteiger partial charge in [0.05, 0.1) is 24.9 Å². The zero-order chi connectivity index (χ0) is 21.5. The van der Waals surface area contributed by atoms with Gasteiger partial charge < -0.3 is 15.0 Å². The fourth-order valence-corrected chi connectivity index (χ4v) is 3.69. The molecule has 1 heterocycles. The molecular formula is C22H25N3O5. The van der Waals surface area contributed by atoms with Crippen molar-refractivity contribution in [3.8, 4) is 5.75 Å². The molecule has 0 bridgehead atoms. The summed E-state index contributed by atoms with van der Waals surface area (Å²) in [7, 11) is 1.58. The Kier molecular flexibility index (Phi) is 7.00. The van der Waals surface area contributed by atoms with Crippen molar-refractivity contribution in [3.05, 3.63) is 69.8 Å². The fraction of sp³-hybridized carbons (Fsp3) is 0.364. The van der Waals surface area contributed by atoms with Crippen molar-refractivity contribution in [3.63, 3.8) is 0 Å². The summed E-state index contributed by atoms with van der Waals surface area (Å²) in [6.45, 7) is 1.12. The van der Waals surface area contributed by atoms with Crippen LogP contribution in [-0.4, -0.2) is 47.9 Å². The molecule has 1 aliphatic rings. The van der Waals surface area contributed by atoms with E-state index in [1.165, 1.54) is 6.07 Å². The first kappa shape index (κ1) is 21.3. The van der Waals surface area contributed by atoms with E-state index in [1.807, 2.05) is 24.3 Å². The minimum Gasteiger partial charge on any atom is -0.496 e. The van der Waals surface area contributed by atoms with Gasteiger partial charge in [0, 0.05) is 36.3 Å². The number of likely N-dealkylation sites (tertiary alicyclic amines) is 1. The third-order valence-corrected chi connectivity index (χ3v) is 5.29. The third-order valence-electron chi connectivity index (χ3n) is 5.29. The maximum Gasteiger partial charge on any atom is 0.273 e. The van der Waals surface area contributed by atoms with Crippen molar-refractivity contribution in [1.82, 2.24) is 10.2 Å². The van der Waals surface area contributed by atoms with Gasteiger partial charge in [-0.3, -0.25) is 19.7 Å². The molecule has 0 spiro atoms. The number of para-hydroxylation sites is 2. The molecule has 1 aliphatic heterocycles. The van der Waals surface area contributed by atoms with Gasteiger partial charge in [-0.15, -0.1) is 0 Å². The first-order chi connectivity index (χ1) is 14.5. The molecule has 3 rings (SSSR count). The molecule has 0 aliphatic carbocycles. The van der Waals surface area contributed by atoms with Crippen molar-refractivity contribution in [2.75, 3.05) is 20.2 Å². The first-order valence-corrected chi connectivity index (χ1v) is 9.89. The lowest BCUT2D eigenvalue weighted by Gasteiger charge is -2.32. The Balaban J connectivity index is 1.49. The van der Waals surface area contributed by atoms with E-state index in [1.54, 1.807) is 30.2 Å². The number of ether oxygens (including phenoxy) is 1. The molecule has 1 N–H and O–H groups in total. The van der Waals surface area contributed by atoms with Crippen molar-refractivity contribution >= 4 is 17.5 Å². The number of hydrogen-bond donors (Lipinski definition) is 1. The zero-order valence-corrected chi connectivity index (χ0v) is 16.9. The summed E-state index contributed by atoms with van der Waals surface area (Å²) >= 11 is 0. The summed E-state index contributed by atoms with van der Waals surface area (Å²) in [5.74, 6) is 0.482. The maximum absolute atomic E-state index is 12.6. The largest absolute Gasteiger partial charge is 0.496 e. The Hall–Kier alpha value is -3.42. The fourth-order valence-electron chi connectivity index (χ4n) is 3.69. The van der Waals surface area contributed by atoms with Crippen LogP contribution in [0.25, 0.3) is 0 Å². The van der Waals surface area contributed by atoms with Crippen LogP contribution in [0.1, 0.15) is 24.0 Å². The van der Waals surface area contributed by atoms with E-state index < -0.39 is 4.92 Å². The van der Waals surface area contributed by atoms with Crippen LogP contribution in [0.4, 0.5) is 5.69 Å². The highest BCUT2D eigenvalue weighted by Gasteiger charge is 2.25. The van der Waals surface area contributed by atoms with E-state index in [4.69, 9.17) is 4.74 Å². The van der Waals surface area contributed by atoms with Crippen LogP contribution in [0.3, 0.4) is 0 Å². The Morgan fingerprint density at radius 3 is 2.37 bits per heavy atom. The molecule has 1 saturated heterocycles. The summed E-state index contributed by atoms with van der Waals surface area (Å²) < 4.78 is 5.31. The summed E-state index contributed by atoms with van der Waals surface area (Å²) in [6, 6.07) is 13.7. The van der Waals surface area contributed by atoms with E-state index in [0.717, 1.165) is 5.56 Å². The van der Waals surface area contributed by atoms with Gasteiger partial charge in [0.1, 0.15) is 5.75 Å². The van der Waals surface area contributed by atoms with E-state index in [0.29, 0.717) is 37.2 Å². The topological polar surface area (TPSA) is 102 Å². The molecule has 158 valence electrons. The minimum atomic E-state index is -0.478. The Morgan fingerprint density at radius 2 is 1.70 bits per heavy atom. The summed E-state index contributed by atoms with van der Waals surface area (Å²) in [5, 5.41) is 14.0. The molecule has 0 aromatic heterocycles. The van der Waals surface area contributed by atoms with Gasteiger partial charge in [-0.2, -0.15) is 0 Å². The van der Waals surface area contributed by atoms with Crippen molar-refractivity contribution in [2.45, 2.75) is 31.7 Å². The lowest BCUT2D eigenvalue weighted by atomic mass is 10.0. The lowest BCUT2D eigenvalue weighted by Crippen LogP contribution is -2.47. The molecule has 0 radical (unpaired) electrons. The van der Waals surface area contributed by atoms with Crippen molar-refractivity contribution in [1.29, 1.82) is 0 Å². The predicted molar refractivity (Wildman–Crippen MR) is 111 cm³/mol. The third kappa shape index (κ3) is 5.34. The molecule has 0 unspecified atom stereocenters. The predicted octanol–water partition coefficient (Wildman–Crippen LogP) is 2.50. The molecule has 8 nitrogen and oxygen atoms in total. The van der Waals surface area contributed by atoms with Gasteiger partial charge in [0.25, 0.3) is 5.69 Å².